The minimum Gasteiger partial charge on any atom is -0.454 e. The summed E-state index contributed by atoms with van der Waals surface area (Å²) in [6, 6.07) is 5.25. The molecule has 3 rings (SSSR count). The lowest BCUT2D eigenvalue weighted by molar-refractivity contribution is -0.143. The number of esters is 1. The van der Waals surface area contributed by atoms with Crippen LogP contribution < -0.4 is 14.8 Å². The molecule has 0 bridgehead atoms. The number of thioether (sulfide) groups is 1. The fourth-order valence-corrected chi connectivity index (χ4v) is 3.44. The molecule has 2 amide bonds. The number of nitrogens with zero attached hydrogens (tertiary/aromatic N) is 1. The Morgan fingerprint density at radius 3 is 2.93 bits per heavy atom. The Kier molecular flexibility index (Phi) is 6.30. The van der Waals surface area contributed by atoms with Gasteiger partial charge in [0.05, 0.1) is 5.75 Å². The highest BCUT2D eigenvalue weighted by Gasteiger charge is 2.25. The van der Waals surface area contributed by atoms with Crippen molar-refractivity contribution in [2.45, 2.75) is 0 Å². The molecule has 2 aliphatic heterocycles. The van der Waals surface area contributed by atoms with Crippen molar-refractivity contribution in [1.82, 2.24) is 10.2 Å². The highest BCUT2D eigenvalue weighted by atomic mass is 32.2. The van der Waals surface area contributed by atoms with E-state index in [1.807, 2.05) is 0 Å². The van der Waals surface area contributed by atoms with Crippen molar-refractivity contribution in [1.29, 1.82) is 0 Å². The van der Waals surface area contributed by atoms with Gasteiger partial charge in [0.1, 0.15) is 4.32 Å². The molecular formula is C17H16N2O6S2. The number of carbonyl (C=O) groups excluding carboxylic acids is 3. The zero-order valence-electron chi connectivity index (χ0n) is 14.1. The molecule has 0 aromatic heterocycles. The molecule has 27 heavy (non-hydrogen) atoms. The summed E-state index contributed by atoms with van der Waals surface area (Å²) in [5.74, 6) is 0.431. The van der Waals surface area contributed by atoms with Crippen molar-refractivity contribution >= 4 is 52.2 Å². The number of ether oxygens (including phenoxy) is 3. The fraction of sp³-hybridized carbons (Fsp3) is 0.294. The largest absolute Gasteiger partial charge is 0.454 e. The third kappa shape index (κ3) is 5.20. The SMILES string of the molecule is O=C(COC(=O)/C=C/c1ccc2c(c1)OCO2)NCCN1C(=O)CSC1=S. The van der Waals surface area contributed by atoms with Gasteiger partial charge < -0.3 is 19.5 Å². The third-order valence-electron chi connectivity index (χ3n) is 3.65. The van der Waals surface area contributed by atoms with Crippen molar-refractivity contribution in [3.63, 3.8) is 0 Å². The van der Waals surface area contributed by atoms with Crippen LogP contribution in [0.2, 0.25) is 0 Å². The van der Waals surface area contributed by atoms with Crippen LogP contribution in [0.25, 0.3) is 6.08 Å². The summed E-state index contributed by atoms with van der Waals surface area (Å²) in [5, 5.41) is 2.57. The van der Waals surface area contributed by atoms with Crippen LogP contribution in [0.3, 0.4) is 0 Å². The maximum Gasteiger partial charge on any atom is 0.331 e. The Bertz CT molecular complexity index is 795. The second-order valence-corrected chi connectivity index (χ2v) is 7.11. The van der Waals surface area contributed by atoms with Gasteiger partial charge in [-0.15, -0.1) is 0 Å². The van der Waals surface area contributed by atoms with E-state index in [4.69, 9.17) is 26.4 Å². The molecule has 0 radical (unpaired) electrons. The van der Waals surface area contributed by atoms with Crippen molar-refractivity contribution in [3.05, 3.63) is 29.8 Å². The average molecular weight is 408 g/mol. The van der Waals surface area contributed by atoms with Crippen LogP contribution in [0.1, 0.15) is 5.56 Å². The molecule has 2 heterocycles. The lowest BCUT2D eigenvalue weighted by Gasteiger charge is -2.14. The fourth-order valence-electron chi connectivity index (χ4n) is 2.32. The number of carbonyl (C=O) groups is 3. The summed E-state index contributed by atoms with van der Waals surface area (Å²) in [4.78, 5) is 36.4. The average Bonchev–Trinajstić information content (AvgIpc) is 3.25. The van der Waals surface area contributed by atoms with E-state index < -0.39 is 18.5 Å². The van der Waals surface area contributed by atoms with E-state index >= 15 is 0 Å². The second-order valence-electron chi connectivity index (χ2n) is 5.50. The summed E-state index contributed by atoms with van der Waals surface area (Å²) in [5.41, 5.74) is 0.741. The number of nitrogens with one attached hydrogen (secondary N) is 1. The Balaban J connectivity index is 1.36. The molecule has 1 aromatic rings. The van der Waals surface area contributed by atoms with E-state index in [-0.39, 0.29) is 19.2 Å². The quantitative estimate of drug-likeness (QED) is 0.405. The van der Waals surface area contributed by atoms with E-state index in [1.165, 1.54) is 22.7 Å². The van der Waals surface area contributed by atoms with Crippen molar-refractivity contribution < 1.29 is 28.6 Å². The monoisotopic (exact) mass is 408 g/mol. The van der Waals surface area contributed by atoms with Gasteiger partial charge >= 0.3 is 5.97 Å². The molecule has 1 fully saturated rings. The Hall–Kier alpha value is -2.59. The standard InChI is InChI=1S/C17H16N2O6S2/c20-14(18-5-6-19-15(21)9-27-17(19)26)8-23-16(22)4-2-11-1-3-12-13(7-11)25-10-24-12/h1-4,7H,5-6,8-10H2,(H,18,20)/b4-2+. The zero-order chi connectivity index (χ0) is 19.2. The highest BCUT2D eigenvalue weighted by molar-refractivity contribution is 8.23. The van der Waals surface area contributed by atoms with E-state index in [0.29, 0.717) is 28.1 Å². The summed E-state index contributed by atoms with van der Waals surface area (Å²) < 4.78 is 15.8. The summed E-state index contributed by atoms with van der Waals surface area (Å²) in [7, 11) is 0. The molecule has 8 nitrogen and oxygen atoms in total. The first-order chi connectivity index (χ1) is 13.0. The first-order valence-corrected chi connectivity index (χ1v) is 9.40. The molecule has 0 spiro atoms. The first kappa shape index (κ1) is 19.2. The minimum absolute atomic E-state index is 0.0701. The van der Waals surface area contributed by atoms with Gasteiger partial charge in [-0.05, 0) is 23.8 Å². The molecule has 0 saturated carbocycles. The van der Waals surface area contributed by atoms with Crippen LogP contribution in [-0.4, -0.2) is 59.2 Å². The van der Waals surface area contributed by atoms with Gasteiger partial charge in [-0.25, -0.2) is 4.79 Å². The Labute approximate surface area is 164 Å². The molecule has 1 saturated heterocycles. The van der Waals surface area contributed by atoms with E-state index in [9.17, 15) is 14.4 Å². The number of fused-ring (bicyclic) bond motifs is 1. The molecule has 10 heteroatoms. The Morgan fingerprint density at radius 2 is 2.15 bits per heavy atom. The van der Waals surface area contributed by atoms with E-state index in [1.54, 1.807) is 24.3 Å². The van der Waals surface area contributed by atoms with Crippen LogP contribution in [0.5, 0.6) is 11.5 Å². The molecule has 2 aliphatic rings. The van der Waals surface area contributed by atoms with Gasteiger partial charge in [0.25, 0.3) is 5.91 Å². The van der Waals surface area contributed by atoms with Crippen LogP contribution >= 0.6 is 24.0 Å². The van der Waals surface area contributed by atoms with E-state index in [0.717, 1.165) is 5.56 Å². The summed E-state index contributed by atoms with van der Waals surface area (Å²) in [6.45, 7) is 0.303. The molecule has 1 N–H and O–H groups in total. The van der Waals surface area contributed by atoms with Crippen molar-refractivity contribution in [3.8, 4) is 11.5 Å². The van der Waals surface area contributed by atoms with Crippen LogP contribution in [0, 0.1) is 0 Å². The maximum atomic E-state index is 11.7. The number of rotatable bonds is 7. The van der Waals surface area contributed by atoms with Crippen LogP contribution in [-0.2, 0) is 19.1 Å². The number of hydrogen-bond acceptors (Lipinski definition) is 8. The van der Waals surface area contributed by atoms with Gasteiger partial charge in [0, 0.05) is 19.2 Å². The summed E-state index contributed by atoms with van der Waals surface area (Å²) >= 11 is 6.34. The van der Waals surface area contributed by atoms with Crippen LogP contribution in [0.15, 0.2) is 24.3 Å². The van der Waals surface area contributed by atoms with Crippen LogP contribution in [0.4, 0.5) is 0 Å². The maximum absolute atomic E-state index is 11.7. The lowest BCUT2D eigenvalue weighted by atomic mass is 10.2. The van der Waals surface area contributed by atoms with E-state index in [2.05, 4.69) is 5.32 Å². The Morgan fingerprint density at radius 1 is 1.33 bits per heavy atom. The molecular weight excluding hydrogens is 392 g/mol. The van der Waals surface area contributed by atoms with Gasteiger partial charge in [-0.3, -0.25) is 14.5 Å². The first-order valence-electron chi connectivity index (χ1n) is 8.01. The van der Waals surface area contributed by atoms with Gasteiger partial charge in [0.15, 0.2) is 18.1 Å². The number of hydrogen-bond donors (Lipinski definition) is 1. The molecule has 0 aliphatic carbocycles. The van der Waals surface area contributed by atoms with Gasteiger partial charge in [-0.2, -0.15) is 0 Å². The third-order valence-corrected chi connectivity index (χ3v) is 5.08. The normalized spacial score (nSPS) is 15.5. The molecule has 1 aromatic carbocycles. The zero-order valence-corrected chi connectivity index (χ0v) is 15.8. The van der Waals surface area contributed by atoms with Crippen molar-refractivity contribution in [2.75, 3.05) is 32.2 Å². The molecule has 0 atom stereocenters. The minimum atomic E-state index is -0.643. The van der Waals surface area contributed by atoms with Gasteiger partial charge in [-0.1, -0.05) is 30.0 Å². The smallest absolute Gasteiger partial charge is 0.331 e. The second kappa shape index (κ2) is 8.87. The number of benzene rings is 1. The number of thiocarbonyl (C=S) groups is 1. The highest BCUT2D eigenvalue weighted by Crippen LogP contribution is 2.32. The lowest BCUT2D eigenvalue weighted by Crippen LogP contribution is -2.38. The molecule has 0 unspecified atom stereocenters. The molecule has 142 valence electrons. The predicted octanol–water partition coefficient (Wildman–Crippen LogP) is 0.948. The summed E-state index contributed by atoms with van der Waals surface area (Å²) in [6.07, 6.45) is 2.78. The number of amides is 2. The predicted molar refractivity (Wildman–Crippen MR) is 102 cm³/mol. The topological polar surface area (TPSA) is 94.2 Å². The van der Waals surface area contributed by atoms with Crippen molar-refractivity contribution in [2.24, 2.45) is 0 Å². The van der Waals surface area contributed by atoms with Gasteiger partial charge in [0.2, 0.25) is 12.7 Å².